The van der Waals surface area contributed by atoms with E-state index in [9.17, 15) is 0 Å². The number of nitrogens with zero attached hydrogens (tertiary/aromatic N) is 1. The van der Waals surface area contributed by atoms with Crippen molar-refractivity contribution in [1.82, 2.24) is 4.98 Å². The molecule has 1 heterocycles. The lowest BCUT2D eigenvalue weighted by atomic mass is 9.80. The molecule has 1 aliphatic carbocycles. The van der Waals surface area contributed by atoms with Crippen molar-refractivity contribution < 1.29 is 4.74 Å². The van der Waals surface area contributed by atoms with Gasteiger partial charge in [-0.05, 0) is 31.6 Å². The second-order valence-corrected chi connectivity index (χ2v) is 5.59. The van der Waals surface area contributed by atoms with Crippen LogP contribution in [-0.2, 0) is 16.9 Å². The lowest BCUT2D eigenvalue weighted by Gasteiger charge is -2.36. The van der Waals surface area contributed by atoms with Crippen LogP contribution in [0.5, 0.6) is 0 Å². The number of hydrogen-bond acceptors (Lipinski definition) is 4. The highest BCUT2D eigenvalue weighted by molar-refractivity contribution is 7.09. The van der Waals surface area contributed by atoms with E-state index in [1.165, 1.54) is 12.8 Å². The maximum absolute atomic E-state index is 5.78. The van der Waals surface area contributed by atoms with Gasteiger partial charge in [0.1, 0.15) is 10.6 Å². The van der Waals surface area contributed by atoms with Crippen LogP contribution in [0.25, 0.3) is 0 Å². The summed E-state index contributed by atoms with van der Waals surface area (Å²) in [5, 5.41) is 3.16. The zero-order chi connectivity index (χ0) is 11.6. The first-order chi connectivity index (χ1) is 7.70. The second-order valence-electron chi connectivity index (χ2n) is 4.73. The van der Waals surface area contributed by atoms with Crippen molar-refractivity contribution in [2.45, 2.75) is 44.8 Å². The van der Waals surface area contributed by atoms with Gasteiger partial charge in [0, 0.05) is 19.0 Å². The molecule has 1 aromatic rings. The Morgan fingerprint density at radius 2 is 2.25 bits per heavy atom. The van der Waals surface area contributed by atoms with E-state index in [1.807, 2.05) is 5.38 Å². The molecule has 1 aromatic heterocycles. The number of methoxy groups -OCH3 is 1. The highest BCUT2D eigenvalue weighted by Crippen LogP contribution is 2.43. The molecule has 0 spiro atoms. The number of rotatable bonds is 3. The van der Waals surface area contributed by atoms with Crippen LogP contribution in [0.2, 0.25) is 0 Å². The van der Waals surface area contributed by atoms with Gasteiger partial charge in [0.25, 0.3) is 0 Å². The van der Waals surface area contributed by atoms with Gasteiger partial charge in [-0.2, -0.15) is 0 Å². The van der Waals surface area contributed by atoms with Gasteiger partial charge in [-0.15, -0.1) is 11.3 Å². The SMILES string of the molecule is COC1(c2nc(CN)cs2)CCC(C)CC1. The lowest BCUT2D eigenvalue weighted by molar-refractivity contribution is -0.0531. The summed E-state index contributed by atoms with van der Waals surface area (Å²) >= 11 is 1.69. The fraction of sp³-hybridized carbons (Fsp3) is 0.750. The molecule has 0 aromatic carbocycles. The van der Waals surface area contributed by atoms with Crippen LogP contribution in [0, 0.1) is 5.92 Å². The van der Waals surface area contributed by atoms with Crippen LogP contribution in [0.1, 0.15) is 43.3 Å². The van der Waals surface area contributed by atoms with E-state index >= 15 is 0 Å². The molecular weight excluding hydrogens is 220 g/mol. The maximum atomic E-state index is 5.78. The van der Waals surface area contributed by atoms with Crippen LogP contribution < -0.4 is 5.73 Å². The van der Waals surface area contributed by atoms with Gasteiger partial charge in [-0.1, -0.05) is 6.92 Å². The Morgan fingerprint density at radius 3 is 2.75 bits per heavy atom. The van der Waals surface area contributed by atoms with Gasteiger partial charge < -0.3 is 10.5 Å². The first-order valence-electron chi connectivity index (χ1n) is 5.90. The Kier molecular flexibility index (Phi) is 3.62. The van der Waals surface area contributed by atoms with Gasteiger partial charge in [0.15, 0.2) is 0 Å². The van der Waals surface area contributed by atoms with E-state index in [2.05, 4.69) is 11.9 Å². The second kappa shape index (κ2) is 4.82. The number of thiazole rings is 1. The molecule has 1 fully saturated rings. The quantitative estimate of drug-likeness (QED) is 0.883. The summed E-state index contributed by atoms with van der Waals surface area (Å²) in [4.78, 5) is 4.59. The molecule has 0 aliphatic heterocycles. The molecular formula is C12H20N2OS. The number of nitrogens with two attached hydrogens (primary N) is 1. The molecule has 3 nitrogen and oxygen atoms in total. The fourth-order valence-electron chi connectivity index (χ4n) is 2.34. The third-order valence-corrected chi connectivity index (χ3v) is 4.70. The summed E-state index contributed by atoms with van der Waals surface area (Å²) in [7, 11) is 1.81. The van der Waals surface area contributed by atoms with Gasteiger partial charge in [-0.3, -0.25) is 0 Å². The molecule has 4 heteroatoms. The Hall–Kier alpha value is -0.450. The van der Waals surface area contributed by atoms with Crippen molar-refractivity contribution in [3.8, 4) is 0 Å². The molecule has 90 valence electrons. The first kappa shape index (κ1) is 12.0. The number of aromatic nitrogens is 1. The van der Waals surface area contributed by atoms with Gasteiger partial charge >= 0.3 is 0 Å². The highest BCUT2D eigenvalue weighted by Gasteiger charge is 2.38. The predicted octanol–water partition coefficient (Wildman–Crippen LogP) is 2.65. The van der Waals surface area contributed by atoms with Crippen LogP contribution in [-0.4, -0.2) is 12.1 Å². The van der Waals surface area contributed by atoms with E-state index in [0.29, 0.717) is 6.54 Å². The number of hydrogen-bond donors (Lipinski definition) is 1. The average Bonchev–Trinajstić information content (AvgIpc) is 2.80. The van der Waals surface area contributed by atoms with Crippen molar-refractivity contribution in [3.63, 3.8) is 0 Å². The largest absolute Gasteiger partial charge is 0.371 e. The Balaban J connectivity index is 2.20. The molecule has 2 rings (SSSR count). The first-order valence-corrected chi connectivity index (χ1v) is 6.78. The predicted molar refractivity (Wildman–Crippen MR) is 66.3 cm³/mol. The molecule has 0 radical (unpaired) electrons. The molecule has 0 unspecified atom stereocenters. The van der Waals surface area contributed by atoms with Gasteiger partial charge in [-0.25, -0.2) is 4.98 Å². The van der Waals surface area contributed by atoms with Crippen molar-refractivity contribution in [3.05, 3.63) is 16.1 Å². The Morgan fingerprint density at radius 1 is 1.56 bits per heavy atom. The van der Waals surface area contributed by atoms with Crippen LogP contribution in [0.4, 0.5) is 0 Å². The molecule has 0 bridgehead atoms. The summed E-state index contributed by atoms with van der Waals surface area (Å²) in [6, 6.07) is 0. The number of ether oxygens (including phenoxy) is 1. The molecule has 0 atom stereocenters. The van der Waals surface area contributed by atoms with E-state index in [0.717, 1.165) is 29.5 Å². The lowest BCUT2D eigenvalue weighted by Crippen LogP contribution is -2.33. The minimum atomic E-state index is -0.134. The summed E-state index contributed by atoms with van der Waals surface area (Å²) in [6.45, 7) is 2.83. The topological polar surface area (TPSA) is 48.1 Å². The monoisotopic (exact) mass is 240 g/mol. The molecule has 2 N–H and O–H groups in total. The van der Waals surface area contributed by atoms with Crippen molar-refractivity contribution in [2.24, 2.45) is 11.7 Å². The normalized spacial score (nSPS) is 30.6. The smallest absolute Gasteiger partial charge is 0.125 e. The third kappa shape index (κ3) is 2.14. The molecule has 0 saturated heterocycles. The Labute approximate surface area is 101 Å². The van der Waals surface area contributed by atoms with Crippen LogP contribution >= 0.6 is 11.3 Å². The summed E-state index contributed by atoms with van der Waals surface area (Å²) in [5.41, 5.74) is 6.45. The molecule has 0 amide bonds. The standard InChI is InChI=1S/C12H20N2OS/c1-9-3-5-12(15-2,6-4-9)11-14-10(7-13)8-16-11/h8-9H,3-7,13H2,1-2H3. The van der Waals surface area contributed by atoms with E-state index in [1.54, 1.807) is 18.4 Å². The van der Waals surface area contributed by atoms with E-state index in [4.69, 9.17) is 10.5 Å². The van der Waals surface area contributed by atoms with Crippen molar-refractivity contribution in [1.29, 1.82) is 0 Å². The van der Waals surface area contributed by atoms with Crippen molar-refractivity contribution in [2.75, 3.05) is 7.11 Å². The average molecular weight is 240 g/mol. The zero-order valence-electron chi connectivity index (χ0n) is 10.0. The Bertz CT molecular complexity index is 343. The van der Waals surface area contributed by atoms with Gasteiger partial charge in [0.05, 0.1) is 5.69 Å². The summed E-state index contributed by atoms with van der Waals surface area (Å²) in [6.07, 6.45) is 4.63. The van der Waals surface area contributed by atoms with Crippen LogP contribution in [0.15, 0.2) is 5.38 Å². The molecule has 1 aliphatic rings. The van der Waals surface area contributed by atoms with Crippen LogP contribution in [0.3, 0.4) is 0 Å². The van der Waals surface area contributed by atoms with E-state index < -0.39 is 0 Å². The highest BCUT2D eigenvalue weighted by atomic mass is 32.1. The van der Waals surface area contributed by atoms with Gasteiger partial charge in [0.2, 0.25) is 0 Å². The summed E-state index contributed by atoms with van der Waals surface area (Å²) < 4.78 is 5.78. The zero-order valence-corrected chi connectivity index (χ0v) is 10.8. The maximum Gasteiger partial charge on any atom is 0.125 e. The minimum absolute atomic E-state index is 0.134. The minimum Gasteiger partial charge on any atom is -0.371 e. The molecule has 16 heavy (non-hydrogen) atoms. The third-order valence-electron chi connectivity index (χ3n) is 3.62. The fourth-order valence-corrected chi connectivity index (χ4v) is 3.41. The van der Waals surface area contributed by atoms with Crippen molar-refractivity contribution >= 4 is 11.3 Å². The van der Waals surface area contributed by atoms with E-state index in [-0.39, 0.29) is 5.60 Å². The summed E-state index contributed by atoms with van der Waals surface area (Å²) in [5.74, 6) is 0.817. The molecule has 1 saturated carbocycles.